The minimum atomic E-state index is -0.308. The minimum absolute atomic E-state index is 0.179. The lowest BCUT2D eigenvalue weighted by molar-refractivity contribution is 0.262. The highest BCUT2D eigenvalue weighted by Crippen LogP contribution is 2.37. The van der Waals surface area contributed by atoms with E-state index in [2.05, 4.69) is 35.2 Å². The average Bonchev–Trinajstić information content (AvgIpc) is 3.57. The summed E-state index contributed by atoms with van der Waals surface area (Å²) in [6.07, 6.45) is 5.67. The van der Waals surface area contributed by atoms with Gasteiger partial charge in [0.2, 0.25) is 0 Å². The maximum absolute atomic E-state index is 12.7. The second-order valence-electron chi connectivity index (χ2n) is 8.69. The molecule has 180 valence electrons. The van der Waals surface area contributed by atoms with Crippen molar-refractivity contribution in [2.75, 3.05) is 52.3 Å². The van der Waals surface area contributed by atoms with E-state index >= 15 is 0 Å². The minimum Gasteiger partial charge on any atom is -0.392 e. The number of aromatic nitrogens is 3. The van der Waals surface area contributed by atoms with Crippen LogP contribution in [0.2, 0.25) is 0 Å². The summed E-state index contributed by atoms with van der Waals surface area (Å²) in [6.45, 7) is 10.9. The first-order valence-corrected chi connectivity index (χ1v) is 12.6. The van der Waals surface area contributed by atoms with E-state index in [9.17, 15) is 4.79 Å². The SMILES string of the molecule is [C-]#[N+]c1c(N)ncnc1N1CCCC(c2nc(NC(=O)Nc3ccccc3N3CCCC3)cs2)C1. The summed E-state index contributed by atoms with van der Waals surface area (Å²) in [7, 11) is 0. The van der Waals surface area contributed by atoms with Crippen molar-refractivity contribution in [1.82, 2.24) is 15.0 Å². The number of hydrogen-bond donors (Lipinski definition) is 3. The summed E-state index contributed by atoms with van der Waals surface area (Å²) < 4.78 is 0. The summed E-state index contributed by atoms with van der Waals surface area (Å²) >= 11 is 1.53. The maximum Gasteiger partial charge on any atom is 0.324 e. The van der Waals surface area contributed by atoms with E-state index in [1.165, 1.54) is 30.5 Å². The van der Waals surface area contributed by atoms with Gasteiger partial charge in [0.05, 0.1) is 23.0 Å². The number of anilines is 5. The van der Waals surface area contributed by atoms with E-state index < -0.39 is 0 Å². The molecule has 2 aliphatic heterocycles. The fraction of sp³-hybridized carbons (Fsp3) is 0.375. The van der Waals surface area contributed by atoms with Crippen LogP contribution in [0.3, 0.4) is 0 Å². The van der Waals surface area contributed by atoms with Crippen LogP contribution in [0.1, 0.15) is 36.6 Å². The number of hydrogen-bond acceptors (Lipinski definition) is 8. The molecule has 0 bridgehead atoms. The third-order valence-corrected chi connectivity index (χ3v) is 7.38. The van der Waals surface area contributed by atoms with Gasteiger partial charge in [0.15, 0.2) is 0 Å². The van der Waals surface area contributed by atoms with Crippen LogP contribution in [0.15, 0.2) is 36.0 Å². The van der Waals surface area contributed by atoms with Gasteiger partial charge >= 0.3 is 6.03 Å². The largest absolute Gasteiger partial charge is 0.392 e. The van der Waals surface area contributed by atoms with Gasteiger partial charge in [-0.25, -0.2) is 24.6 Å². The maximum atomic E-state index is 12.7. The number of rotatable bonds is 5. The van der Waals surface area contributed by atoms with Crippen LogP contribution >= 0.6 is 11.3 Å². The van der Waals surface area contributed by atoms with Gasteiger partial charge in [-0.05, 0) is 37.8 Å². The third-order valence-electron chi connectivity index (χ3n) is 6.38. The first-order chi connectivity index (χ1) is 17.1. The number of nitrogens with one attached hydrogen (secondary N) is 2. The van der Waals surface area contributed by atoms with E-state index in [1.54, 1.807) is 0 Å². The Labute approximate surface area is 208 Å². The Morgan fingerprint density at radius 3 is 2.74 bits per heavy atom. The number of benzene rings is 1. The van der Waals surface area contributed by atoms with E-state index in [0.717, 1.165) is 48.9 Å². The number of thiazole rings is 1. The molecule has 4 heterocycles. The summed E-state index contributed by atoms with van der Waals surface area (Å²) in [5, 5.41) is 8.68. The molecule has 1 atom stereocenters. The van der Waals surface area contributed by atoms with Crippen LogP contribution in [0, 0.1) is 6.57 Å². The lowest BCUT2D eigenvalue weighted by Crippen LogP contribution is -2.35. The van der Waals surface area contributed by atoms with Crippen molar-refractivity contribution in [2.45, 2.75) is 31.6 Å². The molecule has 2 amide bonds. The molecule has 3 aromatic rings. The average molecular weight is 490 g/mol. The van der Waals surface area contributed by atoms with Crippen molar-refractivity contribution in [1.29, 1.82) is 0 Å². The first-order valence-electron chi connectivity index (χ1n) is 11.7. The van der Waals surface area contributed by atoms with Crippen molar-refractivity contribution < 1.29 is 4.79 Å². The molecule has 2 saturated heterocycles. The molecular formula is C24H27N9OS. The number of para-hydroxylation sites is 2. The second kappa shape index (κ2) is 10.1. The van der Waals surface area contributed by atoms with Gasteiger partial charge in [-0.2, -0.15) is 0 Å². The summed E-state index contributed by atoms with van der Waals surface area (Å²) in [6, 6.07) is 7.58. The molecule has 2 aromatic heterocycles. The Morgan fingerprint density at radius 2 is 1.91 bits per heavy atom. The van der Waals surface area contributed by atoms with Gasteiger partial charge in [-0.1, -0.05) is 12.1 Å². The van der Waals surface area contributed by atoms with Gasteiger partial charge in [-0.15, -0.1) is 11.3 Å². The van der Waals surface area contributed by atoms with Gasteiger partial charge in [0, 0.05) is 37.5 Å². The second-order valence-corrected chi connectivity index (χ2v) is 9.58. The zero-order valence-electron chi connectivity index (χ0n) is 19.3. The molecule has 2 fully saturated rings. The number of amides is 2. The zero-order valence-corrected chi connectivity index (χ0v) is 20.1. The molecule has 10 nitrogen and oxygen atoms in total. The van der Waals surface area contributed by atoms with E-state index in [1.807, 2.05) is 29.6 Å². The van der Waals surface area contributed by atoms with E-state index in [0.29, 0.717) is 23.9 Å². The van der Waals surface area contributed by atoms with Crippen molar-refractivity contribution in [3.05, 3.63) is 52.4 Å². The molecule has 0 spiro atoms. The van der Waals surface area contributed by atoms with Crippen LogP contribution in [0.5, 0.6) is 0 Å². The quantitative estimate of drug-likeness (QED) is 0.445. The highest BCUT2D eigenvalue weighted by atomic mass is 32.1. The molecule has 35 heavy (non-hydrogen) atoms. The van der Waals surface area contributed by atoms with Crippen molar-refractivity contribution >= 4 is 51.9 Å². The van der Waals surface area contributed by atoms with Gasteiger partial charge in [0.1, 0.15) is 23.8 Å². The van der Waals surface area contributed by atoms with Crippen molar-refractivity contribution in [3.63, 3.8) is 0 Å². The number of carbonyl (C=O) groups is 1. The summed E-state index contributed by atoms with van der Waals surface area (Å²) in [5.41, 5.74) is 8.02. The first kappa shape index (κ1) is 22.9. The lowest BCUT2D eigenvalue weighted by atomic mass is 9.98. The number of nitrogen functional groups attached to an aromatic ring is 1. The molecular weight excluding hydrogens is 462 g/mol. The standard InChI is InChI=1S/C24H27N9OS/c1-26-20-21(25)27-15-28-22(20)33-12-6-7-16(13-33)23-30-19(14-35-23)31-24(34)29-17-8-2-3-9-18(17)32-10-4-5-11-32/h2-3,8-9,14-16H,4-7,10-13H2,(H2,25,27,28)(H2,29,31,34). The highest BCUT2D eigenvalue weighted by molar-refractivity contribution is 7.10. The Hall–Kier alpha value is -3.91. The summed E-state index contributed by atoms with van der Waals surface area (Å²) in [5.74, 6) is 1.48. The van der Waals surface area contributed by atoms with Gasteiger partial charge < -0.3 is 20.9 Å². The Bertz CT molecular complexity index is 1250. The monoisotopic (exact) mass is 489 g/mol. The zero-order chi connectivity index (χ0) is 24.2. The van der Waals surface area contributed by atoms with Crippen LogP contribution < -0.4 is 26.2 Å². The molecule has 2 aliphatic rings. The van der Waals surface area contributed by atoms with Gasteiger partial charge in [-0.3, -0.25) is 5.32 Å². The van der Waals surface area contributed by atoms with Crippen LogP contribution in [0.25, 0.3) is 4.85 Å². The smallest absolute Gasteiger partial charge is 0.324 e. The van der Waals surface area contributed by atoms with Crippen LogP contribution in [0.4, 0.5) is 39.3 Å². The molecule has 4 N–H and O–H groups in total. The van der Waals surface area contributed by atoms with Gasteiger partial charge in [0.25, 0.3) is 5.69 Å². The van der Waals surface area contributed by atoms with Crippen molar-refractivity contribution in [2.24, 2.45) is 0 Å². The molecule has 0 aliphatic carbocycles. The normalized spacial score (nSPS) is 17.7. The fourth-order valence-electron chi connectivity index (χ4n) is 4.71. The van der Waals surface area contributed by atoms with Crippen molar-refractivity contribution in [3.8, 4) is 0 Å². The lowest BCUT2D eigenvalue weighted by Gasteiger charge is -2.33. The molecule has 0 radical (unpaired) electrons. The molecule has 0 saturated carbocycles. The predicted molar refractivity (Wildman–Crippen MR) is 140 cm³/mol. The fourth-order valence-corrected chi connectivity index (χ4v) is 5.59. The Kier molecular flexibility index (Phi) is 6.63. The topological polar surface area (TPSA) is 117 Å². The highest BCUT2D eigenvalue weighted by Gasteiger charge is 2.27. The number of nitrogens with zero attached hydrogens (tertiary/aromatic N) is 6. The molecule has 1 unspecified atom stereocenters. The summed E-state index contributed by atoms with van der Waals surface area (Å²) in [4.78, 5) is 33.6. The Morgan fingerprint density at radius 1 is 1.11 bits per heavy atom. The number of carbonyl (C=O) groups excluding carboxylic acids is 1. The third kappa shape index (κ3) is 4.97. The Balaban J connectivity index is 1.24. The number of piperidine rings is 1. The number of urea groups is 1. The van der Waals surface area contributed by atoms with Crippen LogP contribution in [-0.4, -0.2) is 47.2 Å². The molecule has 5 rings (SSSR count). The molecule has 1 aromatic carbocycles. The van der Waals surface area contributed by atoms with Crippen LogP contribution in [-0.2, 0) is 0 Å². The van der Waals surface area contributed by atoms with E-state index in [4.69, 9.17) is 17.3 Å². The molecule has 11 heteroatoms. The van der Waals surface area contributed by atoms with E-state index in [-0.39, 0.29) is 17.8 Å². The number of nitrogens with two attached hydrogens (primary N) is 1. The predicted octanol–water partition coefficient (Wildman–Crippen LogP) is 4.69.